The SMILES string of the molecule is NC(=O)c1ccc(CCn2c3ccccc3c3ccccc32)cc1. The maximum Gasteiger partial charge on any atom is 0.248 e. The van der Waals surface area contributed by atoms with Crippen LogP contribution >= 0.6 is 0 Å². The monoisotopic (exact) mass is 314 g/mol. The van der Waals surface area contributed by atoms with E-state index in [9.17, 15) is 4.79 Å². The van der Waals surface area contributed by atoms with Crippen molar-refractivity contribution in [3.8, 4) is 0 Å². The van der Waals surface area contributed by atoms with Crippen LogP contribution in [0.2, 0.25) is 0 Å². The summed E-state index contributed by atoms with van der Waals surface area (Å²) in [5, 5.41) is 2.58. The van der Waals surface area contributed by atoms with Gasteiger partial charge in [-0.2, -0.15) is 0 Å². The Labute approximate surface area is 140 Å². The Morgan fingerprint density at radius 2 is 1.33 bits per heavy atom. The quantitative estimate of drug-likeness (QED) is 0.605. The number of benzene rings is 3. The fourth-order valence-corrected chi connectivity index (χ4v) is 3.32. The molecule has 0 bridgehead atoms. The van der Waals surface area contributed by atoms with E-state index in [1.807, 2.05) is 12.1 Å². The first kappa shape index (κ1) is 14.5. The number of nitrogens with zero attached hydrogens (tertiary/aromatic N) is 1. The minimum absolute atomic E-state index is 0.385. The van der Waals surface area contributed by atoms with Crippen molar-refractivity contribution in [2.75, 3.05) is 0 Å². The molecular weight excluding hydrogens is 296 g/mol. The number of carbonyl (C=O) groups is 1. The molecule has 3 heteroatoms. The van der Waals surface area contributed by atoms with E-state index in [1.54, 1.807) is 12.1 Å². The van der Waals surface area contributed by atoms with Gasteiger partial charge in [-0.25, -0.2) is 0 Å². The second-order valence-electron chi connectivity index (χ2n) is 6.00. The topological polar surface area (TPSA) is 48.0 Å². The van der Waals surface area contributed by atoms with Gasteiger partial charge in [-0.15, -0.1) is 0 Å². The van der Waals surface area contributed by atoms with Gasteiger partial charge in [-0.1, -0.05) is 48.5 Å². The maximum absolute atomic E-state index is 11.2. The van der Waals surface area contributed by atoms with Crippen molar-refractivity contribution in [1.82, 2.24) is 4.57 Å². The number of rotatable bonds is 4. The van der Waals surface area contributed by atoms with Crippen LogP contribution < -0.4 is 5.73 Å². The predicted octanol–water partition coefficient (Wildman–Crippen LogP) is 4.14. The zero-order chi connectivity index (χ0) is 16.5. The fraction of sp³-hybridized carbons (Fsp3) is 0.0952. The maximum atomic E-state index is 11.2. The van der Waals surface area contributed by atoms with Gasteiger partial charge in [-0.3, -0.25) is 4.79 Å². The Morgan fingerprint density at radius 3 is 1.88 bits per heavy atom. The molecule has 3 nitrogen and oxygen atoms in total. The second kappa shape index (κ2) is 5.85. The molecule has 0 radical (unpaired) electrons. The molecule has 0 spiro atoms. The Hall–Kier alpha value is -3.07. The molecule has 0 fully saturated rings. The molecule has 24 heavy (non-hydrogen) atoms. The molecule has 0 aliphatic heterocycles. The van der Waals surface area contributed by atoms with Gasteiger partial charge in [0, 0.05) is 33.9 Å². The van der Waals surface area contributed by atoms with Gasteiger partial charge in [0.05, 0.1) is 0 Å². The van der Waals surface area contributed by atoms with E-state index in [-0.39, 0.29) is 5.91 Å². The van der Waals surface area contributed by atoms with E-state index >= 15 is 0 Å². The van der Waals surface area contributed by atoms with Crippen molar-refractivity contribution in [1.29, 1.82) is 0 Å². The molecule has 4 aromatic rings. The Bertz CT molecular complexity index is 976. The summed E-state index contributed by atoms with van der Waals surface area (Å²) in [7, 11) is 0. The zero-order valence-corrected chi connectivity index (χ0v) is 13.3. The summed E-state index contributed by atoms with van der Waals surface area (Å²) in [6, 6.07) is 24.6. The van der Waals surface area contributed by atoms with E-state index in [2.05, 4.69) is 53.1 Å². The molecule has 0 saturated carbocycles. The lowest BCUT2D eigenvalue weighted by molar-refractivity contribution is 0.100. The molecule has 3 aromatic carbocycles. The lowest BCUT2D eigenvalue weighted by atomic mass is 10.1. The van der Waals surface area contributed by atoms with Crippen LogP contribution in [0.1, 0.15) is 15.9 Å². The van der Waals surface area contributed by atoms with Crippen molar-refractivity contribution >= 4 is 27.7 Å². The number of carbonyl (C=O) groups excluding carboxylic acids is 1. The number of para-hydroxylation sites is 2. The number of amides is 1. The Kier molecular flexibility index (Phi) is 3.54. The van der Waals surface area contributed by atoms with Crippen LogP contribution in [-0.2, 0) is 13.0 Å². The average Bonchev–Trinajstić information content (AvgIpc) is 2.94. The largest absolute Gasteiger partial charge is 0.366 e. The third-order valence-corrected chi connectivity index (χ3v) is 4.54. The van der Waals surface area contributed by atoms with Gasteiger partial charge in [0.1, 0.15) is 0 Å². The molecule has 4 rings (SSSR count). The lowest BCUT2D eigenvalue weighted by Crippen LogP contribution is -2.10. The summed E-state index contributed by atoms with van der Waals surface area (Å²) < 4.78 is 2.37. The number of hydrogen-bond acceptors (Lipinski definition) is 1. The van der Waals surface area contributed by atoms with Crippen LogP contribution in [0, 0.1) is 0 Å². The molecule has 1 aromatic heterocycles. The first-order valence-electron chi connectivity index (χ1n) is 8.09. The van der Waals surface area contributed by atoms with E-state index in [4.69, 9.17) is 5.73 Å². The smallest absolute Gasteiger partial charge is 0.248 e. The molecule has 0 unspecified atom stereocenters. The highest BCUT2D eigenvalue weighted by Crippen LogP contribution is 2.28. The van der Waals surface area contributed by atoms with E-state index in [0.717, 1.165) is 13.0 Å². The van der Waals surface area contributed by atoms with Gasteiger partial charge < -0.3 is 10.3 Å². The normalized spacial score (nSPS) is 11.2. The molecule has 118 valence electrons. The number of aromatic nitrogens is 1. The van der Waals surface area contributed by atoms with Crippen LogP contribution in [0.25, 0.3) is 21.8 Å². The summed E-state index contributed by atoms with van der Waals surface area (Å²) >= 11 is 0. The predicted molar refractivity (Wildman–Crippen MR) is 98.1 cm³/mol. The first-order chi connectivity index (χ1) is 11.7. The van der Waals surface area contributed by atoms with Crippen LogP contribution in [0.3, 0.4) is 0 Å². The summed E-state index contributed by atoms with van der Waals surface area (Å²) in [6.07, 6.45) is 0.904. The van der Waals surface area contributed by atoms with Crippen LogP contribution in [-0.4, -0.2) is 10.5 Å². The van der Waals surface area contributed by atoms with Crippen LogP contribution in [0.5, 0.6) is 0 Å². The zero-order valence-electron chi connectivity index (χ0n) is 13.3. The molecule has 0 aliphatic rings. The molecule has 2 N–H and O–H groups in total. The van der Waals surface area contributed by atoms with Gasteiger partial charge in [-0.05, 0) is 36.2 Å². The number of nitrogens with two attached hydrogens (primary N) is 1. The highest BCUT2D eigenvalue weighted by Gasteiger charge is 2.09. The fourth-order valence-electron chi connectivity index (χ4n) is 3.32. The van der Waals surface area contributed by atoms with Crippen molar-refractivity contribution in [2.45, 2.75) is 13.0 Å². The van der Waals surface area contributed by atoms with E-state index in [1.165, 1.54) is 27.4 Å². The summed E-state index contributed by atoms with van der Waals surface area (Å²) in [4.78, 5) is 11.2. The number of aryl methyl sites for hydroxylation is 2. The third kappa shape index (κ3) is 2.44. The van der Waals surface area contributed by atoms with Crippen molar-refractivity contribution in [3.63, 3.8) is 0 Å². The molecule has 1 amide bonds. The van der Waals surface area contributed by atoms with Crippen LogP contribution in [0.4, 0.5) is 0 Å². The Balaban J connectivity index is 1.70. The molecule has 0 aliphatic carbocycles. The summed E-state index contributed by atoms with van der Waals surface area (Å²) in [6.45, 7) is 0.893. The minimum atomic E-state index is -0.385. The number of primary amides is 1. The van der Waals surface area contributed by atoms with Crippen molar-refractivity contribution < 1.29 is 4.79 Å². The van der Waals surface area contributed by atoms with Gasteiger partial charge in [0.2, 0.25) is 5.91 Å². The Morgan fingerprint density at radius 1 is 0.792 bits per heavy atom. The van der Waals surface area contributed by atoms with E-state index < -0.39 is 0 Å². The minimum Gasteiger partial charge on any atom is -0.366 e. The highest BCUT2D eigenvalue weighted by atomic mass is 16.1. The van der Waals surface area contributed by atoms with E-state index in [0.29, 0.717) is 5.56 Å². The summed E-state index contributed by atoms with van der Waals surface area (Å²) in [5.74, 6) is -0.385. The molecular formula is C21H18N2O. The van der Waals surface area contributed by atoms with Gasteiger partial charge in [0.25, 0.3) is 0 Å². The first-order valence-corrected chi connectivity index (χ1v) is 8.09. The van der Waals surface area contributed by atoms with Gasteiger partial charge in [0.15, 0.2) is 0 Å². The third-order valence-electron chi connectivity index (χ3n) is 4.54. The highest BCUT2D eigenvalue weighted by molar-refractivity contribution is 6.07. The molecule has 1 heterocycles. The van der Waals surface area contributed by atoms with Crippen molar-refractivity contribution in [3.05, 3.63) is 83.9 Å². The number of hydrogen-bond donors (Lipinski definition) is 1. The van der Waals surface area contributed by atoms with Gasteiger partial charge >= 0.3 is 0 Å². The standard InChI is InChI=1S/C21H18N2O/c22-21(24)16-11-9-15(10-12-16)13-14-23-19-7-3-1-5-17(19)18-6-2-4-8-20(18)23/h1-12H,13-14H2,(H2,22,24). The average molecular weight is 314 g/mol. The van der Waals surface area contributed by atoms with Crippen LogP contribution in [0.15, 0.2) is 72.8 Å². The second-order valence-corrected chi connectivity index (χ2v) is 6.00. The lowest BCUT2D eigenvalue weighted by Gasteiger charge is -2.08. The number of fused-ring (bicyclic) bond motifs is 3. The summed E-state index contributed by atoms with van der Waals surface area (Å²) in [5.41, 5.74) is 9.56. The van der Waals surface area contributed by atoms with Crippen molar-refractivity contribution in [2.24, 2.45) is 5.73 Å². The molecule has 0 saturated heterocycles. The molecule has 0 atom stereocenters.